The first-order chi connectivity index (χ1) is 18.4. The number of sulfonamides is 1. The first-order valence-electron chi connectivity index (χ1n) is 12.1. The third-order valence-electron chi connectivity index (χ3n) is 5.66. The average Bonchev–Trinajstić information content (AvgIpc) is 2.86. The van der Waals surface area contributed by atoms with Crippen LogP contribution in [0.4, 0.5) is 13.2 Å². The smallest absolute Gasteiger partial charge is 0.481 e. The summed E-state index contributed by atoms with van der Waals surface area (Å²) < 4.78 is 72.8. The van der Waals surface area contributed by atoms with E-state index in [1.54, 1.807) is 38.1 Å². The number of hydrogen-bond acceptors (Lipinski definition) is 6. The monoisotopic (exact) mass is 610 g/mol. The van der Waals surface area contributed by atoms with Crippen LogP contribution in [0.5, 0.6) is 0 Å². The quantitative estimate of drug-likeness (QED) is 0.211. The Morgan fingerprint density at radius 2 is 1.57 bits per heavy atom. The molecule has 224 valence electrons. The summed E-state index contributed by atoms with van der Waals surface area (Å²) in [5.41, 5.74) is 7.69. The Morgan fingerprint density at radius 3 is 2.05 bits per heavy atom. The Hall–Kier alpha value is -2.77. The third-order valence-corrected chi connectivity index (χ3v) is 9.76. The van der Waals surface area contributed by atoms with Gasteiger partial charge in [-0.05, 0) is 35.4 Å². The zero-order valence-corrected chi connectivity index (χ0v) is 23.6. The molecular weight excluding hydrogens is 576 g/mol. The maximum absolute atomic E-state index is 13.3. The minimum Gasteiger partial charge on any atom is -0.481 e. The first kappa shape index (κ1) is 35.3. The fraction of sp³-hybridized carbons (Fsp3) is 0.440. The van der Waals surface area contributed by atoms with Crippen molar-refractivity contribution >= 4 is 29.3 Å². The van der Waals surface area contributed by atoms with E-state index in [1.807, 2.05) is 30.3 Å². The minimum absolute atomic E-state index is 0.202. The van der Waals surface area contributed by atoms with Gasteiger partial charge in [0.2, 0.25) is 17.4 Å². The molecule has 10 nitrogen and oxygen atoms in total. The van der Waals surface area contributed by atoms with Gasteiger partial charge in [-0.2, -0.15) is 13.2 Å². The van der Waals surface area contributed by atoms with Crippen LogP contribution in [0.1, 0.15) is 42.9 Å². The highest BCUT2D eigenvalue weighted by atomic mass is 32.2. The Balaban J connectivity index is 0.00000101. The van der Waals surface area contributed by atoms with E-state index in [4.69, 9.17) is 15.6 Å². The molecular formula is C25H34F3N2O8PS. The van der Waals surface area contributed by atoms with E-state index in [2.05, 4.69) is 4.72 Å². The first-order valence-corrected chi connectivity index (χ1v) is 15.6. The second-order valence-corrected chi connectivity index (χ2v) is 13.6. The molecule has 2 aromatic rings. The molecule has 3 atom stereocenters. The van der Waals surface area contributed by atoms with Crippen LogP contribution in [0.3, 0.4) is 0 Å². The molecule has 6 N–H and O–H groups in total. The number of nitrogens with two attached hydrogens (primary N) is 1. The zero-order valence-electron chi connectivity index (χ0n) is 21.9. The van der Waals surface area contributed by atoms with Crippen LogP contribution < -0.4 is 10.5 Å². The van der Waals surface area contributed by atoms with E-state index in [-0.39, 0.29) is 12.3 Å². The zero-order chi connectivity index (χ0) is 30.7. The van der Waals surface area contributed by atoms with Crippen molar-refractivity contribution in [3.05, 3.63) is 71.3 Å². The van der Waals surface area contributed by atoms with Crippen LogP contribution in [0, 0.1) is 5.92 Å². The number of hydrogen-bond donors (Lipinski definition) is 5. The van der Waals surface area contributed by atoms with Crippen molar-refractivity contribution in [1.29, 1.82) is 0 Å². The Labute approximate surface area is 230 Å². The standard InChI is InChI=1S/C23H33N2O6PS.C2HF3O2/c1-17(2)22(25-33(30,31)13-7-11-18-8-4-3-5-9-18)32(28,29)16-21(23(26)27)20-12-6-10-19(14-20)15-24;3-2(4,5)1(6)7/h3-6,8-10,12,14,17,21-22,25H,7,11,13,15-16,24H2,1-2H3,(H,26,27)(H,28,29);(H,6,7)/t21-,22+;/m0./s1. The maximum Gasteiger partial charge on any atom is 0.490 e. The Bertz CT molecular complexity index is 1270. The molecule has 0 aliphatic carbocycles. The third kappa shape index (κ3) is 12.2. The molecule has 0 bridgehead atoms. The van der Waals surface area contributed by atoms with Gasteiger partial charge in [-0.25, -0.2) is 17.9 Å². The van der Waals surface area contributed by atoms with Crippen LogP contribution in [0.15, 0.2) is 54.6 Å². The summed E-state index contributed by atoms with van der Waals surface area (Å²) in [5.74, 6) is -7.30. The van der Waals surface area contributed by atoms with Gasteiger partial charge in [-0.3, -0.25) is 9.36 Å². The number of benzene rings is 2. The molecule has 0 fully saturated rings. The summed E-state index contributed by atoms with van der Waals surface area (Å²) in [5, 5.41) is 16.9. The minimum atomic E-state index is -5.08. The lowest BCUT2D eigenvalue weighted by atomic mass is 9.99. The van der Waals surface area contributed by atoms with Gasteiger partial charge in [0, 0.05) is 12.7 Å². The van der Waals surface area contributed by atoms with Gasteiger partial charge < -0.3 is 20.8 Å². The number of halogens is 3. The number of aliphatic carboxylic acids is 2. The molecule has 1 unspecified atom stereocenters. The molecule has 0 aliphatic rings. The molecule has 0 saturated carbocycles. The lowest BCUT2D eigenvalue weighted by Crippen LogP contribution is -2.41. The molecule has 0 aromatic heterocycles. The summed E-state index contributed by atoms with van der Waals surface area (Å²) in [6.07, 6.45) is -4.77. The van der Waals surface area contributed by atoms with Gasteiger partial charge >= 0.3 is 18.1 Å². The van der Waals surface area contributed by atoms with E-state index < -0.39 is 59.3 Å². The van der Waals surface area contributed by atoms with Gasteiger partial charge in [0.1, 0.15) is 5.78 Å². The van der Waals surface area contributed by atoms with E-state index >= 15 is 0 Å². The molecule has 0 radical (unpaired) electrons. The van der Waals surface area contributed by atoms with Gasteiger partial charge in [0.15, 0.2) is 0 Å². The topological polar surface area (TPSA) is 184 Å². The number of carbonyl (C=O) groups is 2. The molecule has 0 spiro atoms. The highest BCUT2D eigenvalue weighted by Crippen LogP contribution is 2.51. The summed E-state index contributed by atoms with van der Waals surface area (Å²) in [6.45, 7) is 3.46. The van der Waals surface area contributed by atoms with E-state index in [0.717, 1.165) is 5.56 Å². The normalized spacial score (nSPS) is 14.9. The summed E-state index contributed by atoms with van der Waals surface area (Å²) >= 11 is 0. The molecule has 15 heteroatoms. The van der Waals surface area contributed by atoms with Crippen molar-refractivity contribution in [2.24, 2.45) is 11.7 Å². The van der Waals surface area contributed by atoms with Crippen molar-refractivity contribution in [1.82, 2.24) is 4.72 Å². The second kappa shape index (κ2) is 15.3. The highest BCUT2D eigenvalue weighted by Gasteiger charge is 2.40. The average molecular weight is 611 g/mol. The predicted molar refractivity (Wildman–Crippen MR) is 143 cm³/mol. The van der Waals surface area contributed by atoms with Crippen LogP contribution in [0.25, 0.3) is 0 Å². The van der Waals surface area contributed by atoms with E-state index in [0.29, 0.717) is 24.0 Å². The van der Waals surface area contributed by atoms with Crippen molar-refractivity contribution < 1.29 is 50.8 Å². The Kier molecular flexibility index (Phi) is 13.5. The Morgan fingerprint density at radius 1 is 1.02 bits per heavy atom. The molecule has 0 aliphatic heterocycles. The molecule has 2 aromatic carbocycles. The van der Waals surface area contributed by atoms with Crippen LogP contribution in [-0.4, -0.2) is 59.3 Å². The van der Waals surface area contributed by atoms with Gasteiger partial charge in [0.05, 0.1) is 11.7 Å². The molecule has 2 rings (SSSR count). The molecule has 0 heterocycles. The van der Waals surface area contributed by atoms with Crippen molar-refractivity contribution in [3.8, 4) is 0 Å². The van der Waals surface area contributed by atoms with Gasteiger partial charge in [-0.1, -0.05) is 68.4 Å². The second-order valence-electron chi connectivity index (χ2n) is 9.30. The van der Waals surface area contributed by atoms with Crippen molar-refractivity contribution in [2.75, 3.05) is 11.9 Å². The molecule has 0 saturated heterocycles. The number of aryl methyl sites for hydroxylation is 1. The number of rotatable bonds is 13. The molecule has 0 amide bonds. The summed E-state index contributed by atoms with van der Waals surface area (Å²) in [6, 6.07) is 16.0. The fourth-order valence-corrected chi connectivity index (χ4v) is 8.15. The van der Waals surface area contributed by atoms with Gasteiger partial charge in [-0.15, -0.1) is 0 Å². The van der Waals surface area contributed by atoms with Gasteiger partial charge in [0.25, 0.3) is 0 Å². The number of alkyl halides is 3. The van der Waals surface area contributed by atoms with Crippen molar-refractivity contribution in [2.45, 2.75) is 51.1 Å². The number of carboxylic acid groups (broad SMARTS) is 2. The maximum atomic E-state index is 13.3. The van der Waals surface area contributed by atoms with Crippen LogP contribution in [0.2, 0.25) is 0 Å². The highest BCUT2D eigenvalue weighted by molar-refractivity contribution is 7.89. The molecule has 40 heavy (non-hydrogen) atoms. The largest absolute Gasteiger partial charge is 0.490 e. The number of carboxylic acids is 2. The summed E-state index contributed by atoms with van der Waals surface area (Å²) in [4.78, 5) is 31.7. The van der Waals surface area contributed by atoms with E-state index in [1.165, 1.54) is 0 Å². The van der Waals surface area contributed by atoms with Crippen molar-refractivity contribution in [3.63, 3.8) is 0 Å². The van der Waals surface area contributed by atoms with Crippen LogP contribution in [-0.2, 0) is 37.1 Å². The summed E-state index contributed by atoms with van der Waals surface area (Å²) in [7, 11) is -8.10. The lowest BCUT2D eigenvalue weighted by Gasteiger charge is -2.29. The lowest BCUT2D eigenvalue weighted by molar-refractivity contribution is -0.192. The predicted octanol–water partition coefficient (Wildman–Crippen LogP) is 3.75. The fourth-order valence-electron chi connectivity index (χ4n) is 3.68. The SMILES string of the molecule is CC(C)[C@H](NS(=O)(=O)CCCc1ccccc1)P(=O)(O)C[C@H](C(=O)O)c1cccc(CN)c1.O=C(O)C(F)(F)F. The van der Waals surface area contributed by atoms with Crippen LogP contribution >= 0.6 is 7.37 Å². The van der Waals surface area contributed by atoms with E-state index in [9.17, 15) is 40.9 Å². The number of nitrogens with one attached hydrogen (secondary N) is 1.